The number of oxazole rings is 1. The number of aromatic nitrogens is 1. The molecule has 124 valence electrons. The van der Waals surface area contributed by atoms with Crippen LogP contribution < -0.4 is 11.1 Å². The van der Waals surface area contributed by atoms with Crippen LogP contribution in [0.3, 0.4) is 0 Å². The topological polar surface area (TPSA) is 64.2 Å². The molecule has 24 heavy (non-hydrogen) atoms. The predicted molar refractivity (Wildman–Crippen MR) is 93.1 cm³/mol. The molecule has 1 N–H and O–H groups in total. The third-order valence-corrected chi connectivity index (χ3v) is 5.78. The molecule has 1 fully saturated rings. The molecule has 0 radical (unpaired) electrons. The van der Waals surface area contributed by atoms with E-state index >= 15 is 0 Å². The number of thiophene rings is 1. The zero-order valence-electron chi connectivity index (χ0n) is 13.2. The van der Waals surface area contributed by atoms with E-state index in [0.717, 1.165) is 25.7 Å². The van der Waals surface area contributed by atoms with Crippen molar-refractivity contribution in [2.24, 2.45) is 0 Å². The summed E-state index contributed by atoms with van der Waals surface area (Å²) in [4.78, 5) is 25.9. The van der Waals surface area contributed by atoms with Crippen molar-refractivity contribution in [2.45, 2.75) is 37.8 Å². The van der Waals surface area contributed by atoms with Gasteiger partial charge < -0.3 is 9.73 Å². The fourth-order valence-electron chi connectivity index (χ4n) is 3.58. The zero-order chi connectivity index (χ0) is 16.6. The largest absolute Gasteiger partial charge is 0.420 e. The fourth-order valence-corrected chi connectivity index (χ4v) is 4.52. The Labute approximate surface area is 142 Å². The molecule has 0 spiro atoms. The van der Waals surface area contributed by atoms with Crippen molar-refractivity contribution in [3.8, 4) is 0 Å². The van der Waals surface area contributed by atoms with Gasteiger partial charge in [-0.15, -0.1) is 11.3 Å². The van der Waals surface area contributed by atoms with E-state index in [0.29, 0.717) is 11.1 Å². The smallest absolute Gasteiger partial charge is 0.408 e. The molecule has 0 unspecified atom stereocenters. The van der Waals surface area contributed by atoms with Crippen LogP contribution in [0.1, 0.15) is 30.6 Å². The predicted octanol–water partition coefficient (Wildman–Crippen LogP) is 3.24. The summed E-state index contributed by atoms with van der Waals surface area (Å²) in [5.74, 6) is -0.651. The summed E-state index contributed by atoms with van der Waals surface area (Å²) in [6.07, 6.45) is 4.10. The summed E-state index contributed by atoms with van der Waals surface area (Å²) in [5.41, 5.74) is 0.868. The molecule has 6 heteroatoms. The minimum absolute atomic E-state index is 0.0248. The summed E-state index contributed by atoms with van der Waals surface area (Å²) in [6.45, 7) is -0.0248. The van der Waals surface area contributed by atoms with Crippen molar-refractivity contribution in [1.29, 1.82) is 0 Å². The van der Waals surface area contributed by atoms with Gasteiger partial charge in [0.1, 0.15) is 6.54 Å². The standard InChI is InChI=1S/C18H18N2O3S/c21-16(12-20-13-6-1-2-7-14(13)23-17(20)22)19-18(9-3-4-10-18)15-8-5-11-24-15/h1-2,5-8,11H,3-4,9-10,12H2,(H,19,21). The highest BCUT2D eigenvalue weighted by atomic mass is 32.1. The van der Waals surface area contributed by atoms with E-state index in [2.05, 4.69) is 11.4 Å². The van der Waals surface area contributed by atoms with Crippen molar-refractivity contribution in [1.82, 2.24) is 9.88 Å². The summed E-state index contributed by atoms with van der Waals surface area (Å²) in [5, 5.41) is 5.23. The SMILES string of the molecule is O=C(Cn1c(=O)oc2ccccc21)NC1(c2cccs2)CCCC1. The number of rotatable bonds is 4. The lowest BCUT2D eigenvalue weighted by Gasteiger charge is -2.29. The third kappa shape index (κ3) is 2.57. The Morgan fingerprint density at radius 2 is 2.00 bits per heavy atom. The van der Waals surface area contributed by atoms with E-state index in [1.54, 1.807) is 29.5 Å². The van der Waals surface area contributed by atoms with E-state index in [-0.39, 0.29) is 18.0 Å². The number of amides is 1. The third-order valence-electron chi connectivity index (χ3n) is 4.70. The first-order chi connectivity index (χ1) is 11.7. The average Bonchev–Trinajstić information content (AvgIpc) is 3.29. The fraction of sp³-hybridized carbons (Fsp3) is 0.333. The van der Waals surface area contributed by atoms with E-state index in [1.165, 1.54) is 9.44 Å². The molecule has 0 aliphatic heterocycles. The molecule has 0 atom stereocenters. The van der Waals surface area contributed by atoms with E-state index in [1.807, 2.05) is 17.5 Å². The molecule has 2 heterocycles. The Bertz CT molecular complexity index is 917. The molecule has 1 aliphatic rings. The van der Waals surface area contributed by atoms with Crippen LogP contribution in [-0.2, 0) is 16.9 Å². The van der Waals surface area contributed by atoms with E-state index < -0.39 is 5.76 Å². The van der Waals surface area contributed by atoms with Crippen LogP contribution in [0.2, 0.25) is 0 Å². The maximum atomic E-state index is 12.7. The van der Waals surface area contributed by atoms with Crippen molar-refractivity contribution in [3.05, 3.63) is 57.2 Å². The highest BCUT2D eigenvalue weighted by molar-refractivity contribution is 7.10. The second-order valence-corrected chi connectivity index (χ2v) is 7.18. The Morgan fingerprint density at radius 1 is 1.21 bits per heavy atom. The Hall–Kier alpha value is -2.34. The molecule has 3 aromatic rings. The number of hydrogen-bond acceptors (Lipinski definition) is 4. The second kappa shape index (κ2) is 5.94. The lowest BCUT2D eigenvalue weighted by atomic mass is 9.95. The molecular formula is C18H18N2O3S. The molecule has 1 amide bonds. The Balaban J connectivity index is 1.60. The number of nitrogens with zero attached hydrogens (tertiary/aromatic N) is 1. The maximum Gasteiger partial charge on any atom is 0.420 e. The first kappa shape index (κ1) is 15.2. The second-order valence-electron chi connectivity index (χ2n) is 6.24. The molecule has 0 bridgehead atoms. The van der Waals surface area contributed by atoms with E-state index in [4.69, 9.17) is 4.42 Å². The maximum absolute atomic E-state index is 12.7. The zero-order valence-corrected chi connectivity index (χ0v) is 14.0. The quantitative estimate of drug-likeness (QED) is 0.792. The summed E-state index contributed by atoms with van der Waals surface area (Å²) in [7, 11) is 0. The van der Waals surface area contributed by atoms with Crippen LogP contribution in [-0.4, -0.2) is 10.5 Å². The van der Waals surface area contributed by atoms with Crippen molar-refractivity contribution < 1.29 is 9.21 Å². The van der Waals surface area contributed by atoms with Gasteiger partial charge in [-0.05, 0) is 36.4 Å². The lowest BCUT2D eigenvalue weighted by molar-refractivity contribution is -0.123. The van der Waals surface area contributed by atoms with Crippen LogP contribution in [0.25, 0.3) is 11.1 Å². The Morgan fingerprint density at radius 3 is 2.75 bits per heavy atom. The lowest BCUT2D eigenvalue weighted by Crippen LogP contribution is -2.45. The van der Waals surface area contributed by atoms with Gasteiger partial charge in [0.25, 0.3) is 0 Å². The first-order valence-corrected chi connectivity index (χ1v) is 8.99. The van der Waals surface area contributed by atoms with Crippen LogP contribution in [0, 0.1) is 0 Å². The molecule has 0 saturated heterocycles. The number of benzene rings is 1. The average molecular weight is 342 g/mol. The van der Waals surface area contributed by atoms with Gasteiger partial charge in [-0.25, -0.2) is 4.79 Å². The van der Waals surface area contributed by atoms with Crippen LogP contribution in [0.15, 0.2) is 51.0 Å². The van der Waals surface area contributed by atoms with Gasteiger partial charge in [0.15, 0.2) is 5.58 Å². The Kier molecular flexibility index (Phi) is 3.76. The van der Waals surface area contributed by atoms with Crippen LogP contribution >= 0.6 is 11.3 Å². The van der Waals surface area contributed by atoms with Gasteiger partial charge in [-0.1, -0.05) is 31.0 Å². The molecule has 1 saturated carbocycles. The van der Waals surface area contributed by atoms with Crippen LogP contribution in [0.5, 0.6) is 0 Å². The number of nitrogens with one attached hydrogen (secondary N) is 1. The normalized spacial score (nSPS) is 16.5. The first-order valence-electron chi connectivity index (χ1n) is 8.11. The van der Waals surface area contributed by atoms with Crippen molar-refractivity contribution >= 4 is 28.3 Å². The minimum atomic E-state index is -0.497. The molecule has 1 aliphatic carbocycles. The summed E-state index contributed by atoms with van der Waals surface area (Å²) >= 11 is 1.67. The van der Waals surface area contributed by atoms with E-state index in [9.17, 15) is 9.59 Å². The number of para-hydroxylation sites is 2. The number of hydrogen-bond donors (Lipinski definition) is 1. The molecule has 5 nitrogen and oxygen atoms in total. The van der Waals surface area contributed by atoms with Gasteiger partial charge >= 0.3 is 5.76 Å². The van der Waals surface area contributed by atoms with Gasteiger partial charge in [0.2, 0.25) is 5.91 Å². The van der Waals surface area contributed by atoms with Crippen molar-refractivity contribution in [2.75, 3.05) is 0 Å². The van der Waals surface area contributed by atoms with Gasteiger partial charge in [0.05, 0.1) is 11.1 Å². The highest BCUT2D eigenvalue weighted by Gasteiger charge is 2.37. The van der Waals surface area contributed by atoms with Gasteiger partial charge in [-0.2, -0.15) is 0 Å². The molecular weight excluding hydrogens is 324 g/mol. The monoisotopic (exact) mass is 342 g/mol. The summed E-state index contributed by atoms with van der Waals surface area (Å²) in [6, 6.07) is 11.2. The molecule has 4 rings (SSSR count). The van der Waals surface area contributed by atoms with Gasteiger partial charge in [0, 0.05) is 4.88 Å². The highest BCUT2D eigenvalue weighted by Crippen LogP contribution is 2.40. The molecule has 2 aromatic heterocycles. The number of carbonyl (C=O) groups is 1. The summed E-state index contributed by atoms with van der Waals surface area (Å²) < 4.78 is 6.59. The van der Waals surface area contributed by atoms with Crippen LogP contribution in [0.4, 0.5) is 0 Å². The van der Waals surface area contributed by atoms with Crippen molar-refractivity contribution in [3.63, 3.8) is 0 Å². The number of fused-ring (bicyclic) bond motifs is 1. The number of carbonyl (C=O) groups excluding carboxylic acids is 1. The minimum Gasteiger partial charge on any atom is -0.408 e. The molecule has 1 aromatic carbocycles. The van der Waals surface area contributed by atoms with Gasteiger partial charge in [-0.3, -0.25) is 9.36 Å².